The van der Waals surface area contributed by atoms with Crippen LogP contribution in [0.25, 0.3) is 0 Å². The summed E-state index contributed by atoms with van der Waals surface area (Å²) < 4.78 is 6.06. The van der Waals surface area contributed by atoms with E-state index < -0.39 is 0 Å². The Morgan fingerprint density at radius 2 is 1.80 bits per heavy atom. The lowest BCUT2D eigenvalue weighted by molar-refractivity contribution is 0.102. The zero-order valence-corrected chi connectivity index (χ0v) is 12.1. The van der Waals surface area contributed by atoms with Crippen LogP contribution in [0.1, 0.15) is 10.4 Å². The Bertz CT molecular complexity index is 630. The Balaban J connectivity index is 2.01. The molecule has 0 unspecified atom stereocenters. The maximum atomic E-state index is 12.0. The van der Waals surface area contributed by atoms with E-state index in [2.05, 4.69) is 21.2 Å². The van der Waals surface area contributed by atoms with Crippen molar-refractivity contribution in [3.8, 4) is 11.8 Å². The van der Waals surface area contributed by atoms with E-state index in [0.717, 1.165) is 4.47 Å². The number of benzene rings is 2. The van der Waals surface area contributed by atoms with E-state index in [9.17, 15) is 4.79 Å². The molecule has 0 fully saturated rings. The number of amides is 1. The number of carbonyl (C=O) groups excluding carboxylic acids is 1. The second kappa shape index (κ2) is 6.73. The van der Waals surface area contributed by atoms with Crippen LogP contribution >= 0.6 is 15.9 Å². The highest BCUT2D eigenvalue weighted by Crippen LogP contribution is 2.17. The van der Waals surface area contributed by atoms with Crippen LogP contribution in [0.5, 0.6) is 5.75 Å². The van der Waals surface area contributed by atoms with Crippen LogP contribution in [-0.2, 0) is 0 Å². The molecule has 2 aromatic carbocycles. The van der Waals surface area contributed by atoms with Crippen molar-refractivity contribution in [3.63, 3.8) is 0 Å². The summed E-state index contributed by atoms with van der Waals surface area (Å²) in [6.07, 6.45) is 0. The van der Waals surface area contributed by atoms with Gasteiger partial charge in [-0.05, 0) is 48.5 Å². The zero-order chi connectivity index (χ0) is 14.4. The maximum absolute atomic E-state index is 12.0. The number of hydrogen-bond donors (Lipinski definition) is 1. The van der Waals surface area contributed by atoms with E-state index in [1.807, 2.05) is 18.2 Å². The van der Waals surface area contributed by atoms with Crippen molar-refractivity contribution in [2.45, 2.75) is 0 Å². The molecule has 0 bridgehead atoms. The molecule has 1 N–H and O–H groups in total. The van der Waals surface area contributed by atoms with Gasteiger partial charge in [-0.15, -0.1) is 0 Å². The minimum absolute atomic E-state index is 0.00456. The van der Waals surface area contributed by atoms with E-state index in [1.54, 1.807) is 36.4 Å². The van der Waals surface area contributed by atoms with Gasteiger partial charge in [-0.3, -0.25) is 4.79 Å². The fourth-order valence-electron chi connectivity index (χ4n) is 1.55. The lowest BCUT2D eigenvalue weighted by atomic mass is 10.2. The first-order chi connectivity index (χ1) is 9.69. The summed E-state index contributed by atoms with van der Waals surface area (Å²) in [5.41, 5.74) is 1.25. The smallest absolute Gasteiger partial charge is 0.255 e. The van der Waals surface area contributed by atoms with Crippen LogP contribution in [0.3, 0.4) is 0 Å². The first-order valence-corrected chi connectivity index (χ1v) is 6.65. The quantitative estimate of drug-likeness (QED) is 0.931. The van der Waals surface area contributed by atoms with Gasteiger partial charge >= 0.3 is 0 Å². The molecule has 0 saturated heterocycles. The van der Waals surface area contributed by atoms with Crippen LogP contribution in [0.15, 0.2) is 53.0 Å². The number of rotatable bonds is 4. The van der Waals surface area contributed by atoms with Gasteiger partial charge in [0.2, 0.25) is 0 Å². The summed E-state index contributed by atoms with van der Waals surface area (Å²) in [5, 5.41) is 11.2. The molecule has 20 heavy (non-hydrogen) atoms. The van der Waals surface area contributed by atoms with Crippen molar-refractivity contribution in [2.75, 3.05) is 11.9 Å². The molecule has 1 amide bonds. The second-order valence-electron chi connectivity index (χ2n) is 3.93. The predicted octanol–water partition coefficient (Wildman–Crippen LogP) is 3.60. The monoisotopic (exact) mass is 330 g/mol. The number of anilines is 1. The fourth-order valence-corrected chi connectivity index (χ4v) is 1.82. The van der Waals surface area contributed by atoms with Crippen molar-refractivity contribution in [2.24, 2.45) is 0 Å². The molecule has 0 saturated carbocycles. The third kappa shape index (κ3) is 3.84. The minimum atomic E-state index is -0.178. The SMILES string of the molecule is N#CCOc1ccc(NC(=O)c2ccc(Br)cc2)cc1. The van der Waals surface area contributed by atoms with Gasteiger partial charge < -0.3 is 10.1 Å². The molecule has 4 nitrogen and oxygen atoms in total. The molecule has 0 aliphatic heterocycles. The van der Waals surface area contributed by atoms with Gasteiger partial charge in [0.25, 0.3) is 5.91 Å². The van der Waals surface area contributed by atoms with Gasteiger partial charge in [0.1, 0.15) is 11.8 Å². The van der Waals surface area contributed by atoms with Crippen molar-refractivity contribution >= 4 is 27.5 Å². The molecule has 0 aliphatic rings. The van der Waals surface area contributed by atoms with E-state index in [-0.39, 0.29) is 12.5 Å². The van der Waals surface area contributed by atoms with Crippen LogP contribution < -0.4 is 10.1 Å². The normalized spacial score (nSPS) is 9.60. The first kappa shape index (κ1) is 14.1. The number of halogens is 1. The molecule has 5 heteroatoms. The largest absolute Gasteiger partial charge is 0.479 e. The first-order valence-electron chi connectivity index (χ1n) is 5.86. The number of nitrogens with zero attached hydrogens (tertiary/aromatic N) is 1. The van der Waals surface area contributed by atoms with Crippen LogP contribution in [0.4, 0.5) is 5.69 Å². The predicted molar refractivity (Wildman–Crippen MR) is 79.6 cm³/mol. The molecule has 2 aromatic rings. The van der Waals surface area contributed by atoms with Gasteiger partial charge in [-0.2, -0.15) is 5.26 Å². The van der Waals surface area contributed by atoms with E-state index in [0.29, 0.717) is 17.0 Å². The van der Waals surface area contributed by atoms with E-state index >= 15 is 0 Å². The maximum Gasteiger partial charge on any atom is 0.255 e. The fraction of sp³-hybridized carbons (Fsp3) is 0.0667. The van der Waals surface area contributed by atoms with Crippen molar-refractivity contribution < 1.29 is 9.53 Å². The third-order valence-corrected chi connectivity index (χ3v) is 3.05. The van der Waals surface area contributed by atoms with Crippen molar-refractivity contribution in [3.05, 3.63) is 58.6 Å². The zero-order valence-electron chi connectivity index (χ0n) is 10.5. The van der Waals surface area contributed by atoms with Gasteiger partial charge in [-0.25, -0.2) is 0 Å². The summed E-state index contributed by atoms with van der Waals surface area (Å²) in [4.78, 5) is 12.0. The topological polar surface area (TPSA) is 62.1 Å². The van der Waals surface area contributed by atoms with Gasteiger partial charge in [0.15, 0.2) is 6.61 Å². The molecule has 0 spiro atoms. The van der Waals surface area contributed by atoms with E-state index in [1.165, 1.54) is 0 Å². The van der Waals surface area contributed by atoms with Crippen molar-refractivity contribution in [1.29, 1.82) is 5.26 Å². The van der Waals surface area contributed by atoms with Gasteiger partial charge in [0, 0.05) is 15.7 Å². The standard InChI is InChI=1S/C15H11BrN2O2/c16-12-3-1-11(2-4-12)15(19)18-13-5-7-14(8-6-13)20-10-9-17/h1-8H,10H2,(H,18,19). The highest BCUT2D eigenvalue weighted by Gasteiger charge is 2.05. The average molecular weight is 331 g/mol. The van der Waals surface area contributed by atoms with Crippen LogP contribution in [0.2, 0.25) is 0 Å². The minimum Gasteiger partial charge on any atom is -0.479 e. The van der Waals surface area contributed by atoms with Crippen molar-refractivity contribution in [1.82, 2.24) is 0 Å². The summed E-state index contributed by atoms with van der Waals surface area (Å²) in [7, 11) is 0. The highest BCUT2D eigenvalue weighted by atomic mass is 79.9. The van der Waals surface area contributed by atoms with Gasteiger partial charge in [-0.1, -0.05) is 15.9 Å². The molecular weight excluding hydrogens is 320 g/mol. The molecule has 100 valence electrons. The number of hydrogen-bond acceptors (Lipinski definition) is 3. The number of nitrogens with one attached hydrogen (secondary N) is 1. The average Bonchev–Trinajstić information content (AvgIpc) is 2.47. The molecule has 0 heterocycles. The Morgan fingerprint density at radius 1 is 1.15 bits per heavy atom. The summed E-state index contributed by atoms with van der Waals surface area (Å²) in [6, 6.07) is 15.9. The summed E-state index contributed by atoms with van der Waals surface area (Å²) in [6.45, 7) is 0.00456. The molecular formula is C15H11BrN2O2. The Labute approximate surface area is 125 Å². The summed E-state index contributed by atoms with van der Waals surface area (Å²) >= 11 is 3.32. The number of nitriles is 1. The number of ether oxygens (including phenoxy) is 1. The molecule has 0 aliphatic carbocycles. The lowest BCUT2D eigenvalue weighted by Crippen LogP contribution is -2.11. The van der Waals surface area contributed by atoms with Gasteiger partial charge in [0.05, 0.1) is 0 Å². The lowest BCUT2D eigenvalue weighted by Gasteiger charge is -2.06. The molecule has 0 radical (unpaired) electrons. The second-order valence-corrected chi connectivity index (χ2v) is 4.85. The van der Waals surface area contributed by atoms with Crippen LogP contribution in [-0.4, -0.2) is 12.5 Å². The number of carbonyl (C=O) groups is 1. The Hall–Kier alpha value is -2.32. The highest BCUT2D eigenvalue weighted by molar-refractivity contribution is 9.10. The molecule has 0 atom stereocenters. The molecule has 2 rings (SSSR count). The Morgan fingerprint density at radius 3 is 2.40 bits per heavy atom. The Kier molecular flexibility index (Phi) is 4.75. The molecule has 0 aromatic heterocycles. The third-order valence-electron chi connectivity index (χ3n) is 2.52. The van der Waals surface area contributed by atoms with E-state index in [4.69, 9.17) is 10.00 Å². The summed E-state index contributed by atoms with van der Waals surface area (Å²) in [5.74, 6) is 0.413. The van der Waals surface area contributed by atoms with Crippen LogP contribution in [0, 0.1) is 11.3 Å².